The zero-order valence-electron chi connectivity index (χ0n) is 15.7. The lowest BCUT2D eigenvalue weighted by Crippen LogP contribution is -3.28. The van der Waals surface area contributed by atoms with Gasteiger partial charge in [-0.25, -0.2) is 0 Å². The van der Waals surface area contributed by atoms with Crippen molar-refractivity contribution in [2.24, 2.45) is 0 Å². The molecule has 26 heavy (non-hydrogen) atoms. The Balaban J connectivity index is 1.56. The van der Waals surface area contributed by atoms with Crippen LogP contribution in [0.2, 0.25) is 0 Å². The predicted molar refractivity (Wildman–Crippen MR) is 103 cm³/mol. The van der Waals surface area contributed by atoms with Gasteiger partial charge in [-0.05, 0) is 18.1 Å². The lowest BCUT2D eigenvalue weighted by molar-refractivity contribution is -1.01. The molecule has 0 radical (unpaired) electrons. The number of ether oxygens (including phenoxy) is 1. The number of rotatable bonds is 8. The smallest absolute Gasteiger partial charge is 0.127 e. The Morgan fingerprint density at radius 2 is 1.35 bits per heavy atom. The number of piperazine rings is 1. The first-order valence-electron chi connectivity index (χ1n) is 9.83. The summed E-state index contributed by atoms with van der Waals surface area (Å²) in [4.78, 5) is 3.17. The van der Waals surface area contributed by atoms with Crippen molar-refractivity contribution < 1.29 is 19.6 Å². The number of likely N-dealkylation sites (N-methyl/N-ethyl adjacent to an activating group) is 1. The van der Waals surface area contributed by atoms with Crippen molar-refractivity contribution in [2.75, 3.05) is 45.9 Å². The topological polar surface area (TPSA) is 38.3 Å². The summed E-state index contributed by atoms with van der Waals surface area (Å²) in [7, 11) is 0. The van der Waals surface area contributed by atoms with Crippen molar-refractivity contribution in [1.29, 1.82) is 0 Å². The molecule has 1 saturated heterocycles. The van der Waals surface area contributed by atoms with E-state index in [0.29, 0.717) is 6.61 Å². The summed E-state index contributed by atoms with van der Waals surface area (Å²) in [6.07, 6.45) is -0.563. The molecule has 0 aliphatic carbocycles. The van der Waals surface area contributed by atoms with Crippen LogP contribution in [-0.2, 0) is 4.74 Å². The van der Waals surface area contributed by atoms with Gasteiger partial charge in [0, 0.05) is 0 Å². The molecule has 3 N–H and O–H groups in total. The summed E-state index contributed by atoms with van der Waals surface area (Å²) < 4.78 is 6.19. The fourth-order valence-corrected chi connectivity index (χ4v) is 3.75. The van der Waals surface area contributed by atoms with Gasteiger partial charge < -0.3 is 19.6 Å². The average Bonchev–Trinajstić information content (AvgIpc) is 2.70. The molecule has 0 amide bonds. The second-order valence-electron chi connectivity index (χ2n) is 7.25. The molecular formula is C22H32N2O2+2. The molecule has 2 aromatic carbocycles. The molecule has 140 valence electrons. The molecule has 4 heteroatoms. The van der Waals surface area contributed by atoms with Crippen LogP contribution in [0, 0.1) is 0 Å². The van der Waals surface area contributed by atoms with E-state index in [4.69, 9.17) is 4.74 Å². The summed E-state index contributed by atoms with van der Waals surface area (Å²) in [6, 6.07) is 20.5. The standard InChI is InChI=1S/C22H30N2O2/c1-2-23-13-15-24(16-14-23)17-21(25)18-26-22(19-9-5-3-6-10-19)20-11-7-4-8-12-20/h3-12,21-22,25H,2,13-18H2,1H3/p+2/t21-/m0/s1. The number of benzene rings is 2. The Hall–Kier alpha value is -1.72. The van der Waals surface area contributed by atoms with Crippen molar-refractivity contribution in [2.45, 2.75) is 19.1 Å². The highest BCUT2D eigenvalue weighted by Gasteiger charge is 2.24. The minimum Gasteiger partial charge on any atom is -0.385 e. The van der Waals surface area contributed by atoms with Gasteiger partial charge in [-0.3, -0.25) is 0 Å². The maximum Gasteiger partial charge on any atom is 0.127 e. The molecule has 0 unspecified atom stereocenters. The fraction of sp³-hybridized carbons (Fsp3) is 0.455. The zero-order chi connectivity index (χ0) is 18.2. The summed E-state index contributed by atoms with van der Waals surface area (Å²) in [5, 5.41) is 10.5. The van der Waals surface area contributed by atoms with Crippen LogP contribution in [0.4, 0.5) is 0 Å². The van der Waals surface area contributed by atoms with Crippen molar-refractivity contribution in [1.82, 2.24) is 0 Å². The molecule has 1 aliphatic rings. The average molecular weight is 357 g/mol. The first-order valence-corrected chi connectivity index (χ1v) is 9.83. The van der Waals surface area contributed by atoms with Crippen LogP contribution in [0.3, 0.4) is 0 Å². The van der Waals surface area contributed by atoms with E-state index in [1.165, 1.54) is 24.5 Å². The summed E-state index contributed by atoms with van der Waals surface area (Å²) in [5.41, 5.74) is 2.25. The number of quaternary nitrogens is 2. The van der Waals surface area contributed by atoms with Crippen LogP contribution in [0.1, 0.15) is 24.2 Å². The van der Waals surface area contributed by atoms with Crippen molar-refractivity contribution in [3.63, 3.8) is 0 Å². The third kappa shape index (κ3) is 5.39. The normalized spacial score (nSPS) is 21.7. The van der Waals surface area contributed by atoms with Crippen LogP contribution in [0.5, 0.6) is 0 Å². The highest BCUT2D eigenvalue weighted by atomic mass is 16.5. The summed E-state index contributed by atoms with van der Waals surface area (Å²) >= 11 is 0. The van der Waals surface area contributed by atoms with Crippen molar-refractivity contribution in [3.05, 3.63) is 71.8 Å². The van der Waals surface area contributed by atoms with Crippen LogP contribution in [0.15, 0.2) is 60.7 Å². The second kappa shape index (κ2) is 9.83. The Morgan fingerprint density at radius 1 is 0.846 bits per heavy atom. The van der Waals surface area contributed by atoms with E-state index < -0.39 is 6.10 Å². The Kier molecular flexibility index (Phi) is 7.21. The maximum absolute atomic E-state index is 10.5. The van der Waals surface area contributed by atoms with Gasteiger partial charge in [0.25, 0.3) is 0 Å². The van der Waals surface area contributed by atoms with E-state index in [0.717, 1.165) is 30.8 Å². The highest BCUT2D eigenvalue weighted by molar-refractivity contribution is 5.29. The molecule has 0 aromatic heterocycles. The van der Waals surface area contributed by atoms with E-state index in [1.807, 2.05) is 36.4 Å². The van der Waals surface area contributed by atoms with Gasteiger partial charge in [0.2, 0.25) is 0 Å². The SMILES string of the molecule is CC[NH+]1CC[NH+](C[C@H](O)COC(c2ccccc2)c2ccccc2)CC1. The minimum absolute atomic E-state index is 0.136. The fourth-order valence-electron chi connectivity index (χ4n) is 3.75. The Morgan fingerprint density at radius 3 is 1.85 bits per heavy atom. The monoisotopic (exact) mass is 356 g/mol. The van der Waals surface area contributed by atoms with E-state index in [-0.39, 0.29) is 6.10 Å². The van der Waals surface area contributed by atoms with Crippen molar-refractivity contribution in [3.8, 4) is 0 Å². The quantitative estimate of drug-likeness (QED) is 0.621. The van der Waals surface area contributed by atoms with Crippen LogP contribution >= 0.6 is 0 Å². The van der Waals surface area contributed by atoms with Gasteiger partial charge in [-0.1, -0.05) is 60.7 Å². The van der Waals surface area contributed by atoms with Gasteiger partial charge >= 0.3 is 0 Å². The summed E-state index contributed by atoms with van der Waals surface area (Å²) in [6.45, 7) is 9.27. The molecule has 1 fully saturated rings. The van der Waals surface area contributed by atoms with Crippen LogP contribution in [-0.4, -0.2) is 57.1 Å². The molecule has 4 nitrogen and oxygen atoms in total. The molecule has 2 aromatic rings. The number of aliphatic hydroxyl groups is 1. The third-order valence-corrected chi connectivity index (χ3v) is 5.35. The minimum atomic E-state index is -0.428. The predicted octanol–water partition coefficient (Wildman–Crippen LogP) is -0.0432. The van der Waals surface area contributed by atoms with E-state index in [2.05, 4.69) is 31.2 Å². The van der Waals surface area contributed by atoms with E-state index in [1.54, 1.807) is 4.90 Å². The molecule has 0 saturated carbocycles. The lowest BCUT2D eigenvalue weighted by atomic mass is 10.0. The van der Waals surface area contributed by atoms with Crippen LogP contribution < -0.4 is 9.80 Å². The summed E-state index contributed by atoms with van der Waals surface area (Å²) in [5.74, 6) is 0. The Bertz CT molecular complexity index is 588. The molecule has 0 bridgehead atoms. The molecule has 1 atom stereocenters. The van der Waals surface area contributed by atoms with E-state index in [9.17, 15) is 5.11 Å². The molecule has 0 spiro atoms. The largest absolute Gasteiger partial charge is 0.385 e. The lowest BCUT2D eigenvalue weighted by Gasteiger charge is -2.30. The van der Waals surface area contributed by atoms with Gasteiger partial charge in [0.1, 0.15) is 44.9 Å². The van der Waals surface area contributed by atoms with Gasteiger partial charge in [-0.2, -0.15) is 0 Å². The third-order valence-electron chi connectivity index (χ3n) is 5.35. The molecule has 3 rings (SSSR count). The maximum atomic E-state index is 10.5. The number of hydrogen-bond donors (Lipinski definition) is 3. The number of nitrogens with one attached hydrogen (secondary N) is 2. The van der Waals surface area contributed by atoms with Gasteiger partial charge in [-0.15, -0.1) is 0 Å². The first-order chi connectivity index (χ1) is 12.8. The van der Waals surface area contributed by atoms with Gasteiger partial charge in [0.15, 0.2) is 0 Å². The second-order valence-corrected chi connectivity index (χ2v) is 7.25. The van der Waals surface area contributed by atoms with Crippen LogP contribution in [0.25, 0.3) is 0 Å². The molecule has 1 heterocycles. The zero-order valence-corrected chi connectivity index (χ0v) is 15.7. The molecule has 1 aliphatic heterocycles. The number of hydrogen-bond acceptors (Lipinski definition) is 2. The van der Waals surface area contributed by atoms with E-state index >= 15 is 0 Å². The van der Waals surface area contributed by atoms with Crippen molar-refractivity contribution >= 4 is 0 Å². The molecular weight excluding hydrogens is 324 g/mol. The first kappa shape index (κ1) is 19.1. The Labute approximate surface area is 157 Å². The highest BCUT2D eigenvalue weighted by Crippen LogP contribution is 2.25. The van der Waals surface area contributed by atoms with Gasteiger partial charge in [0.05, 0.1) is 13.2 Å². The number of aliphatic hydroxyl groups excluding tert-OH is 1.